The lowest BCUT2D eigenvalue weighted by Crippen LogP contribution is -2.42. The van der Waals surface area contributed by atoms with Gasteiger partial charge < -0.3 is 25.5 Å². The minimum Gasteiger partial charge on any atom is -0.494 e. The number of nitrogens with two attached hydrogens (primary N) is 1. The van der Waals surface area contributed by atoms with Gasteiger partial charge in [0, 0.05) is 16.8 Å². The molecular weight excluding hydrogens is 388 g/mol. The van der Waals surface area contributed by atoms with Gasteiger partial charge in [0.1, 0.15) is 11.4 Å². The number of likely N-dealkylation sites (tertiary alicyclic amines) is 1. The third kappa shape index (κ3) is 4.91. The molecule has 2 aromatic rings. The van der Waals surface area contributed by atoms with E-state index in [0.717, 1.165) is 0 Å². The summed E-state index contributed by atoms with van der Waals surface area (Å²) in [6.45, 7) is 5.73. The molecule has 1 aliphatic heterocycles. The number of nitrogens with zero attached hydrogens (tertiary/aromatic N) is 1. The highest BCUT2D eigenvalue weighted by molar-refractivity contribution is 6.11. The van der Waals surface area contributed by atoms with Gasteiger partial charge in [0.25, 0.3) is 0 Å². The number of aromatic amines is 1. The molecule has 0 unspecified atom stereocenters. The van der Waals surface area contributed by atoms with Crippen LogP contribution in [-0.4, -0.2) is 60.5 Å². The van der Waals surface area contributed by atoms with Crippen molar-refractivity contribution in [2.75, 3.05) is 38.2 Å². The van der Waals surface area contributed by atoms with Gasteiger partial charge in [0.15, 0.2) is 0 Å². The maximum Gasteiger partial charge on any atom is 0.356 e. The molecular formula is C21H28N4O5. The normalized spacial score (nSPS) is 15.1. The first-order chi connectivity index (χ1) is 14.4. The Balaban J connectivity index is 1.79. The molecule has 3 rings (SSSR count). The Morgan fingerprint density at radius 2 is 1.93 bits per heavy atom. The number of amides is 2. The van der Waals surface area contributed by atoms with E-state index in [2.05, 4.69) is 10.3 Å². The molecule has 1 aromatic carbocycles. The molecule has 0 bridgehead atoms. The first-order valence-electron chi connectivity index (χ1n) is 10.2. The summed E-state index contributed by atoms with van der Waals surface area (Å²) in [5.41, 5.74) is 6.63. The minimum atomic E-state index is -0.538. The number of ether oxygens (including phenoxy) is 2. The maximum absolute atomic E-state index is 12.7. The number of rotatable bonds is 8. The number of nitrogens with one attached hydrogen (secondary N) is 2. The van der Waals surface area contributed by atoms with Crippen LogP contribution in [0.5, 0.6) is 5.75 Å². The Kier molecular flexibility index (Phi) is 6.94. The van der Waals surface area contributed by atoms with E-state index in [4.69, 9.17) is 15.2 Å². The highest BCUT2D eigenvalue weighted by Crippen LogP contribution is 2.31. The van der Waals surface area contributed by atoms with E-state index in [1.165, 1.54) is 0 Å². The Morgan fingerprint density at radius 3 is 2.57 bits per heavy atom. The van der Waals surface area contributed by atoms with E-state index in [1.54, 1.807) is 25.1 Å². The first kappa shape index (κ1) is 21.6. The summed E-state index contributed by atoms with van der Waals surface area (Å²) in [5.74, 6) is -0.569. The molecule has 0 aliphatic carbocycles. The molecule has 1 aromatic heterocycles. The SMILES string of the molecule is CCOC(=O)c1[nH]c2ccc(OCC)cc2c1NC(=O)CN1CCC(C(N)=O)CC1. The van der Waals surface area contributed by atoms with Crippen molar-refractivity contribution in [2.24, 2.45) is 11.7 Å². The molecule has 1 aliphatic rings. The molecule has 9 heteroatoms. The molecule has 0 spiro atoms. The quantitative estimate of drug-likeness (QED) is 0.564. The van der Waals surface area contributed by atoms with Gasteiger partial charge in [-0.1, -0.05) is 0 Å². The fourth-order valence-corrected chi connectivity index (χ4v) is 3.67. The van der Waals surface area contributed by atoms with Crippen molar-refractivity contribution in [3.63, 3.8) is 0 Å². The highest BCUT2D eigenvalue weighted by atomic mass is 16.5. The first-order valence-corrected chi connectivity index (χ1v) is 10.2. The molecule has 1 fully saturated rings. The second kappa shape index (κ2) is 9.62. The van der Waals surface area contributed by atoms with Crippen LogP contribution in [0.3, 0.4) is 0 Å². The number of carbonyl (C=O) groups excluding carboxylic acids is 3. The van der Waals surface area contributed by atoms with Gasteiger partial charge in [0.05, 0.1) is 25.4 Å². The Bertz CT molecular complexity index is 931. The predicted octanol–water partition coefficient (Wildman–Crippen LogP) is 1.88. The molecule has 9 nitrogen and oxygen atoms in total. The van der Waals surface area contributed by atoms with Crippen LogP contribution in [0.25, 0.3) is 10.9 Å². The van der Waals surface area contributed by atoms with Crippen LogP contribution >= 0.6 is 0 Å². The van der Waals surface area contributed by atoms with Crippen molar-refractivity contribution in [2.45, 2.75) is 26.7 Å². The third-order valence-corrected chi connectivity index (χ3v) is 5.18. The number of aromatic nitrogens is 1. The zero-order valence-corrected chi connectivity index (χ0v) is 17.3. The zero-order valence-electron chi connectivity index (χ0n) is 17.3. The van der Waals surface area contributed by atoms with Crippen LogP contribution in [-0.2, 0) is 14.3 Å². The maximum atomic E-state index is 12.7. The monoisotopic (exact) mass is 416 g/mol. The number of benzene rings is 1. The minimum absolute atomic E-state index is 0.134. The van der Waals surface area contributed by atoms with Crippen molar-refractivity contribution in [1.82, 2.24) is 9.88 Å². The van der Waals surface area contributed by atoms with Gasteiger partial charge in [-0.25, -0.2) is 4.79 Å². The van der Waals surface area contributed by atoms with E-state index in [0.29, 0.717) is 54.9 Å². The van der Waals surface area contributed by atoms with Crippen LogP contribution in [0.4, 0.5) is 5.69 Å². The largest absolute Gasteiger partial charge is 0.494 e. The average molecular weight is 416 g/mol. The van der Waals surface area contributed by atoms with Gasteiger partial charge in [-0.15, -0.1) is 0 Å². The lowest BCUT2D eigenvalue weighted by molar-refractivity contribution is -0.123. The summed E-state index contributed by atoms with van der Waals surface area (Å²) in [6, 6.07) is 5.38. The van der Waals surface area contributed by atoms with Crippen molar-refractivity contribution in [3.8, 4) is 5.75 Å². The third-order valence-electron chi connectivity index (χ3n) is 5.18. The van der Waals surface area contributed by atoms with Crippen molar-refractivity contribution in [3.05, 3.63) is 23.9 Å². The lowest BCUT2D eigenvalue weighted by Gasteiger charge is -2.29. The van der Waals surface area contributed by atoms with Gasteiger partial charge >= 0.3 is 5.97 Å². The Labute approximate surface area is 174 Å². The van der Waals surface area contributed by atoms with E-state index < -0.39 is 5.97 Å². The van der Waals surface area contributed by atoms with Crippen molar-refractivity contribution >= 4 is 34.4 Å². The van der Waals surface area contributed by atoms with E-state index in [1.807, 2.05) is 11.8 Å². The molecule has 30 heavy (non-hydrogen) atoms. The van der Waals surface area contributed by atoms with Crippen LogP contribution in [0.15, 0.2) is 18.2 Å². The summed E-state index contributed by atoms with van der Waals surface area (Å²) in [5, 5.41) is 3.53. The number of hydrogen-bond acceptors (Lipinski definition) is 6. The lowest BCUT2D eigenvalue weighted by atomic mass is 9.96. The van der Waals surface area contributed by atoms with Gasteiger partial charge in [-0.3, -0.25) is 14.5 Å². The second-order valence-electron chi connectivity index (χ2n) is 7.24. The number of primary amides is 1. The molecule has 0 saturated carbocycles. The van der Waals surface area contributed by atoms with Crippen molar-refractivity contribution in [1.29, 1.82) is 0 Å². The Hall–Kier alpha value is -3.07. The summed E-state index contributed by atoms with van der Waals surface area (Å²) >= 11 is 0. The van der Waals surface area contributed by atoms with Crippen LogP contribution < -0.4 is 15.8 Å². The summed E-state index contributed by atoms with van der Waals surface area (Å²) < 4.78 is 10.7. The summed E-state index contributed by atoms with van der Waals surface area (Å²) in [4.78, 5) is 41.5. The number of piperidine rings is 1. The number of esters is 1. The number of anilines is 1. The van der Waals surface area contributed by atoms with Crippen LogP contribution in [0.1, 0.15) is 37.2 Å². The molecule has 0 radical (unpaired) electrons. The molecule has 1 saturated heterocycles. The molecule has 2 heterocycles. The van der Waals surface area contributed by atoms with E-state index >= 15 is 0 Å². The van der Waals surface area contributed by atoms with E-state index in [9.17, 15) is 14.4 Å². The zero-order chi connectivity index (χ0) is 21.7. The summed E-state index contributed by atoms with van der Waals surface area (Å²) in [6.07, 6.45) is 1.28. The fourth-order valence-electron chi connectivity index (χ4n) is 3.67. The summed E-state index contributed by atoms with van der Waals surface area (Å²) in [7, 11) is 0. The van der Waals surface area contributed by atoms with Crippen molar-refractivity contribution < 1.29 is 23.9 Å². The highest BCUT2D eigenvalue weighted by Gasteiger charge is 2.26. The van der Waals surface area contributed by atoms with Gasteiger partial charge in [0.2, 0.25) is 11.8 Å². The smallest absolute Gasteiger partial charge is 0.356 e. The number of fused-ring (bicyclic) bond motifs is 1. The average Bonchev–Trinajstić information content (AvgIpc) is 3.06. The standard InChI is InChI=1S/C21H28N4O5/c1-3-29-14-5-6-16-15(11-14)18(19(23-16)21(28)30-4-2)24-17(26)12-25-9-7-13(8-10-25)20(22)27/h5-6,11,13,23H,3-4,7-10,12H2,1-2H3,(H2,22,27)(H,24,26). The van der Waals surface area contributed by atoms with Crippen LogP contribution in [0.2, 0.25) is 0 Å². The van der Waals surface area contributed by atoms with Gasteiger partial charge in [-0.05, 0) is 58.0 Å². The van der Waals surface area contributed by atoms with E-state index in [-0.39, 0.29) is 36.6 Å². The van der Waals surface area contributed by atoms with Gasteiger partial charge in [-0.2, -0.15) is 0 Å². The molecule has 162 valence electrons. The predicted molar refractivity (Wildman–Crippen MR) is 112 cm³/mol. The molecule has 2 amide bonds. The second-order valence-corrected chi connectivity index (χ2v) is 7.24. The molecule has 4 N–H and O–H groups in total. The Morgan fingerprint density at radius 1 is 1.20 bits per heavy atom. The van der Waals surface area contributed by atoms with Crippen LogP contribution in [0, 0.1) is 5.92 Å². The number of hydrogen-bond donors (Lipinski definition) is 3. The fraction of sp³-hybridized carbons (Fsp3) is 0.476. The molecule has 0 atom stereocenters. The number of H-pyrrole nitrogens is 1. The topological polar surface area (TPSA) is 127 Å². The number of carbonyl (C=O) groups is 3.